The lowest BCUT2D eigenvalue weighted by molar-refractivity contribution is 0.0314. The zero-order chi connectivity index (χ0) is 11.4. The molecule has 0 bridgehead atoms. The van der Waals surface area contributed by atoms with Crippen LogP contribution in [0.3, 0.4) is 0 Å². The molecule has 0 amide bonds. The number of aromatic nitrogens is 2. The molecule has 1 N–H and O–H groups in total. The van der Waals surface area contributed by atoms with Gasteiger partial charge in [-0.05, 0) is 26.0 Å². The molecule has 1 saturated heterocycles. The molecule has 1 aromatic heterocycles. The van der Waals surface area contributed by atoms with Crippen molar-refractivity contribution in [2.75, 3.05) is 24.7 Å². The van der Waals surface area contributed by atoms with Crippen molar-refractivity contribution in [2.45, 2.75) is 30.4 Å². The Balaban J connectivity index is 1.93. The molecule has 0 aromatic carbocycles. The SMILES string of the molecule is CSc1cc(NCC2(C)CCCO2)ncn1. The first-order valence-electron chi connectivity index (χ1n) is 5.46. The summed E-state index contributed by atoms with van der Waals surface area (Å²) in [5.74, 6) is 0.871. The van der Waals surface area contributed by atoms with Crippen LogP contribution in [0, 0.1) is 0 Å². The van der Waals surface area contributed by atoms with Crippen molar-refractivity contribution in [1.82, 2.24) is 9.97 Å². The lowest BCUT2D eigenvalue weighted by Crippen LogP contribution is -2.32. The van der Waals surface area contributed by atoms with Crippen LogP contribution < -0.4 is 5.32 Å². The van der Waals surface area contributed by atoms with Gasteiger partial charge in [0.05, 0.1) is 5.60 Å². The molecule has 5 heteroatoms. The molecular formula is C11H17N3OS. The van der Waals surface area contributed by atoms with Crippen molar-refractivity contribution in [1.29, 1.82) is 0 Å². The minimum Gasteiger partial charge on any atom is -0.373 e. The maximum atomic E-state index is 5.71. The van der Waals surface area contributed by atoms with Crippen molar-refractivity contribution in [3.05, 3.63) is 12.4 Å². The van der Waals surface area contributed by atoms with E-state index in [1.165, 1.54) is 0 Å². The van der Waals surface area contributed by atoms with Gasteiger partial charge in [-0.2, -0.15) is 0 Å². The number of nitrogens with one attached hydrogen (secondary N) is 1. The summed E-state index contributed by atoms with van der Waals surface area (Å²) >= 11 is 1.62. The van der Waals surface area contributed by atoms with Crippen LogP contribution >= 0.6 is 11.8 Å². The van der Waals surface area contributed by atoms with E-state index in [1.807, 2.05) is 12.3 Å². The van der Waals surface area contributed by atoms with E-state index in [-0.39, 0.29) is 5.60 Å². The van der Waals surface area contributed by atoms with Crippen LogP contribution in [-0.2, 0) is 4.74 Å². The molecule has 0 saturated carbocycles. The van der Waals surface area contributed by atoms with E-state index in [0.29, 0.717) is 0 Å². The van der Waals surface area contributed by atoms with Crippen LogP contribution in [0.15, 0.2) is 17.4 Å². The van der Waals surface area contributed by atoms with Gasteiger partial charge < -0.3 is 10.1 Å². The summed E-state index contributed by atoms with van der Waals surface area (Å²) in [4.78, 5) is 8.32. The Kier molecular flexibility index (Phi) is 3.66. The first-order valence-corrected chi connectivity index (χ1v) is 6.68. The number of nitrogens with zero attached hydrogens (tertiary/aromatic N) is 2. The van der Waals surface area contributed by atoms with E-state index >= 15 is 0 Å². The average molecular weight is 239 g/mol. The van der Waals surface area contributed by atoms with Gasteiger partial charge in [0.1, 0.15) is 17.2 Å². The Morgan fingerprint density at radius 3 is 3.12 bits per heavy atom. The molecule has 1 fully saturated rings. The maximum Gasteiger partial charge on any atom is 0.130 e. The summed E-state index contributed by atoms with van der Waals surface area (Å²) in [5.41, 5.74) is -0.0372. The second-order valence-corrected chi connectivity index (χ2v) is 5.03. The smallest absolute Gasteiger partial charge is 0.130 e. The highest BCUT2D eigenvalue weighted by Gasteiger charge is 2.29. The van der Waals surface area contributed by atoms with E-state index in [9.17, 15) is 0 Å². The van der Waals surface area contributed by atoms with Gasteiger partial charge in [-0.25, -0.2) is 9.97 Å². The second-order valence-electron chi connectivity index (χ2n) is 4.20. The molecule has 1 aliphatic heterocycles. The normalized spacial score (nSPS) is 24.6. The topological polar surface area (TPSA) is 47.0 Å². The van der Waals surface area contributed by atoms with Gasteiger partial charge in [-0.15, -0.1) is 11.8 Å². The van der Waals surface area contributed by atoms with Gasteiger partial charge >= 0.3 is 0 Å². The second kappa shape index (κ2) is 5.01. The molecule has 0 aliphatic carbocycles. The molecule has 16 heavy (non-hydrogen) atoms. The van der Waals surface area contributed by atoms with Gasteiger partial charge in [-0.1, -0.05) is 0 Å². The maximum absolute atomic E-state index is 5.71. The highest BCUT2D eigenvalue weighted by atomic mass is 32.2. The fraction of sp³-hybridized carbons (Fsp3) is 0.636. The van der Waals surface area contributed by atoms with Crippen LogP contribution in [0.25, 0.3) is 0 Å². The van der Waals surface area contributed by atoms with Crippen LogP contribution in [0.4, 0.5) is 5.82 Å². The highest BCUT2D eigenvalue weighted by molar-refractivity contribution is 7.98. The number of rotatable bonds is 4. The minimum atomic E-state index is -0.0372. The molecule has 0 spiro atoms. The molecule has 1 unspecified atom stereocenters. The van der Waals surface area contributed by atoms with Crippen LogP contribution in [0.5, 0.6) is 0 Å². The zero-order valence-electron chi connectivity index (χ0n) is 9.69. The predicted molar refractivity (Wildman–Crippen MR) is 65.9 cm³/mol. The number of hydrogen-bond acceptors (Lipinski definition) is 5. The minimum absolute atomic E-state index is 0.0372. The Morgan fingerprint density at radius 1 is 1.56 bits per heavy atom. The summed E-state index contributed by atoms with van der Waals surface area (Å²) in [7, 11) is 0. The molecule has 2 heterocycles. The third-order valence-electron chi connectivity index (χ3n) is 2.80. The third-order valence-corrected chi connectivity index (χ3v) is 3.44. The number of hydrogen-bond donors (Lipinski definition) is 1. The first kappa shape index (κ1) is 11.7. The summed E-state index contributed by atoms with van der Waals surface area (Å²) in [6.07, 6.45) is 5.86. The number of anilines is 1. The van der Waals surface area contributed by atoms with Crippen molar-refractivity contribution < 1.29 is 4.74 Å². The molecule has 1 aliphatic rings. The first-order chi connectivity index (χ1) is 7.72. The third kappa shape index (κ3) is 2.86. The Bertz CT molecular complexity index is 353. The van der Waals surface area contributed by atoms with Gasteiger partial charge in [0.15, 0.2) is 0 Å². The van der Waals surface area contributed by atoms with Crippen molar-refractivity contribution >= 4 is 17.6 Å². The van der Waals surface area contributed by atoms with E-state index in [2.05, 4.69) is 22.2 Å². The van der Waals surface area contributed by atoms with Gasteiger partial charge in [0.2, 0.25) is 0 Å². The van der Waals surface area contributed by atoms with Gasteiger partial charge in [0.25, 0.3) is 0 Å². The fourth-order valence-corrected chi connectivity index (χ4v) is 2.18. The zero-order valence-corrected chi connectivity index (χ0v) is 10.5. The van der Waals surface area contributed by atoms with E-state index in [1.54, 1.807) is 18.1 Å². The molecule has 1 aromatic rings. The average Bonchev–Trinajstić information content (AvgIpc) is 2.75. The quantitative estimate of drug-likeness (QED) is 0.644. The van der Waals surface area contributed by atoms with Crippen molar-refractivity contribution in [3.8, 4) is 0 Å². The fourth-order valence-electron chi connectivity index (χ4n) is 1.80. The van der Waals surface area contributed by atoms with Crippen LogP contribution in [-0.4, -0.2) is 35.0 Å². The van der Waals surface area contributed by atoms with Crippen LogP contribution in [0.2, 0.25) is 0 Å². The van der Waals surface area contributed by atoms with E-state index < -0.39 is 0 Å². The van der Waals surface area contributed by atoms with Crippen LogP contribution in [0.1, 0.15) is 19.8 Å². The van der Waals surface area contributed by atoms with E-state index in [0.717, 1.165) is 36.8 Å². The van der Waals surface area contributed by atoms with E-state index in [4.69, 9.17) is 4.74 Å². The Morgan fingerprint density at radius 2 is 2.44 bits per heavy atom. The molecule has 4 nitrogen and oxygen atoms in total. The van der Waals surface area contributed by atoms with Crippen molar-refractivity contribution in [3.63, 3.8) is 0 Å². The largest absolute Gasteiger partial charge is 0.373 e. The standard InChI is InChI=1S/C11H17N3OS/c1-11(4-3-5-15-11)7-12-9-6-10(16-2)14-8-13-9/h6,8H,3-5,7H2,1-2H3,(H,12,13,14). The molecule has 2 rings (SSSR count). The summed E-state index contributed by atoms with van der Waals surface area (Å²) in [6.45, 7) is 3.82. The molecule has 1 atom stereocenters. The Labute approximate surface area is 100 Å². The van der Waals surface area contributed by atoms with Crippen molar-refractivity contribution in [2.24, 2.45) is 0 Å². The number of ether oxygens (including phenoxy) is 1. The Hall–Kier alpha value is -0.810. The highest BCUT2D eigenvalue weighted by Crippen LogP contribution is 2.25. The van der Waals surface area contributed by atoms with Gasteiger partial charge in [0, 0.05) is 19.2 Å². The molecule has 0 radical (unpaired) electrons. The predicted octanol–water partition coefficient (Wildman–Crippen LogP) is 2.18. The lowest BCUT2D eigenvalue weighted by Gasteiger charge is -2.23. The monoisotopic (exact) mass is 239 g/mol. The summed E-state index contributed by atoms with van der Waals surface area (Å²) in [5, 5.41) is 4.29. The molecular weight excluding hydrogens is 222 g/mol. The molecule has 88 valence electrons. The number of thioether (sulfide) groups is 1. The summed E-state index contributed by atoms with van der Waals surface area (Å²) in [6, 6.07) is 1.96. The lowest BCUT2D eigenvalue weighted by atomic mass is 10.0. The van der Waals surface area contributed by atoms with Gasteiger partial charge in [-0.3, -0.25) is 0 Å². The summed E-state index contributed by atoms with van der Waals surface area (Å²) < 4.78 is 5.71.